The molecule has 0 saturated carbocycles. The summed E-state index contributed by atoms with van der Waals surface area (Å²) >= 11 is 0. The van der Waals surface area contributed by atoms with Crippen LogP contribution in [0, 0.1) is 19.8 Å². The Balaban J connectivity index is 2.14. The number of hydrogen-bond acceptors (Lipinski definition) is 6. The lowest BCUT2D eigenvalue weighted by Gasteiger charge is -2.09. The summed E-state index contributed by atoms with van der Waals surface area (Å²) in [5, 5.41) is 9.65. The van der Waals surface area contributed by atoms with Gasteiger partial charge in [-0.1, -0.05) is 19.0 Å². The number of carbonyl (C=O) groups excluding carboxylic acids is 1. The second-order valence-corrected chi connectivity index (χ2v) is 5.24. The maximum absolute atomic E-state index is 12.0. The summed E-state index contributed by atoms with van der Waals surface area (Å²) in [6.07, 6.45) is 0. The average Bonchev–Trinajstić information content (AvgIpc) is 2.80. The van der Waals surface area contributed by atoms with Crippen molar-refractivity contribution in [2.45, 2.75) is 27.7 Å². The molecule has 0 fully saturated rings. The van der Waals surface area contributed by atoms with E-state index in [1.54, 1.807) is 26.0 Å². The van der Waals surface area contributed by atoms with Crippen molar-refractivity contribution in [2.75, 3.05) is 11.9 Å². The standard InChI is InChI=1S/C14H19N5O2/c1-8(2)7-15-14(20)11-6-12(17-10(4)16-11)18-13-5-9(3)21-19-13/h5-6,8H,7H2,1-4H3,(H,15,20)(H,16,17,18,19). The predicted molar refractivity (Wildman–Crippen MR) is 78.5 cm³/mol. The number of hydrogen-bond donors (Lipinski definition) is 2. The van der Waals surface area contributed by atoms with Crippen molar-refractivity contribution in [3.8, 4) is 0 Å². The molecule has 0 unspecified atom stereocenters. The molecule has 7 heteroatoms. The SMILES string of the molecule is Cc1nc(Nc2cc(C)on2)cc(C(=O)NCC(C)C)n1. The van der Waals surface area contributed by atoms with Gasteiger partial charge >= 0.3 is 0 Å². The minimum atomic E-state index is -0.214. The molecular weight excluding hydrogens is 270 g/mol. The number of carbonyl (C=O) groups is 1. The van der Waals surface area contributed by atoms with Gasteiger partial charge in [-0.25, -0.2) is 9.97 Å². The number of rotatable bonds is 5. The van der Waals surface area contributed by atoms with Gasteiger partial charge in [0.25, 0.3) is 5.91 Å². The fraction of sp³-hybridized carbons (Fsp3) is 0.429. The molecule has 21 heavy (non-hydrogen) atoms. The summed E-state index contributed by atoms with van der Waals surface area (Å²) in [5.74, 6) is 2.42. The Morgan fingerprint density at radius 1 is 1.24 bits per heavy atom. The van der Waals surface area contributed by atoms with Gasteiger partial charge in [-0.3, -0.25) is 4.79 Å². The van der Waals surface area contributed by atoms with E-state index in [2.05, 4.69) is 25.8 Å². The summed E-state index contributed by atoms with van der Waals surface area (Å²) < 4.78 is 4.97. The molecule has 2 aromatic heterocycles. The molecule has 0 aliphatic carbocycles. The first-order valence-corrected chi connectivity index (χ1v) is 6.78. The molecular formula is C14H19N5O2. The van der Waals surface area contributed by atoms with E-state index in [0.29, 0.717) is 41.4 Å². The van der Waals surface area contributed by atoms with Gasteiger partial charge < -0.3 is 15.2 Å². The Labute approximate surface area is 123 Å². The minimum Gasteiger partial charge on any atom is -0.360 e. The molecule has 0 bridgehead atoms. The van der Waals surface area contributed by atoms with Crippen LogP contribution >= 0.6 is 0 Å². The zero-order valence-corrected chi connectivity index (χ0v) is 12.6. The third-order valence-electron chi connectivity index (χ3n) is 2.63. The molecule has 0 saturated heterocycles. The first-order valence-electron chi connectivity index (χ1n) is 6.78. The third kappa shape index (κ3) is 4.27. The van der Waals surface area contributed by atoms with Crippen molar-refractivity contribution >= 4 is 17.5 Å². The summed E-state index contributed by atoms with van der Waals surface area (Å²) in [4.78, 5) is 20.4. The Bertz CT molecular complexity index is 636. The van der Waals surface area contributed by atoms with Gasteiger partial charge in [-0.05, 0) is 19.8 Å². The molecule has 112 valence electrons. The van der Waals surface area contributed by atoms with Crippen LogP contribution in [0.5, 0.6) is 0 Å². The molecule has 0 aliphatic rings. The highest BCUT2D eigenvalue weighted by Gasteiger charge is 2.11. The van der Waals surface area contributed by atoms with E-state index in [-0.39, 0.29) is 5.91 Å². The van der Waals surface area contributed by atoms with Crippen molar-refractivity contribution in [1.82, 2.24) is 20.4 Å². The Hall–Kier alpha value is -2.44. The third-order valence-corrected chi connectivity index (χ3v) is 2.63. The van der Waals surface area contributed by atoms with Gasteiger partial charge in [-0.15, -0.1) is 0 Å². The molecule has 0 aliphatic heterocycles. The molecule has 2 N–H and O–H groups in total. The summed E-state index contributed by atoms with van der Waals surface area (Å²) in [6.45, 7) is 8.20. The van der Waals surface area contributed by atoms with Crippen molar-refractivity contribution < 1.29 is 9.32 Å². The van der Waals surface area contributed by atoms with Crippen molar-refractivity contribution in [2.24, 2.45) is 5.92 Å². The zero-order valence-electron chi connectivity index (χ0n) is 12.6. The molecule has 2 heterocycles. The maximum atomic E-state index is 12.0. The van der Waals surface area contributed by atoms with Crippen LogP contribution in [0.1, 0.15) is 35.9 Å². The van der Waals surface area contributed by atoms with E-state index in [1.165, 1.54) is 0 Å². The van der Waals surface area contributed by atoms with Gasteiger partial charge in [0.05, 0.1) is 0 Å². The number of nitrogens with zero attached hydrogens (tertiary/aromatic N) is 3. The first kappa shape index (κ1) is 15.0. The van der Waals surface area contributed by atoms with E-state index in [9.17, 15) is 4.79 Å². The van der Waals surface area contributed by atoms with Crippen molar-refractivity contribution in [3.63, 3.8) is 0 Å². The highest BCUT2D eigenvalue weighted by atomic mass is 16.5. The normalized spacial score (nSPS) is 10.7. The second-order valence-electron chi connectivity index (χ2n) is 5.24. The Kier molecular flexibility index (Phi) is 4.52. The van der Waals surface area contributed by atoms with E-state index in [0.717, 1.165) is 0 Å². The number of nitrogens with one attached hydrogen (secondary N) is 2. The van der Waals surface area contributed by atoms with E-state index < -0.39 is 0 Å². The predicted octanol–water partition coefficient (Wildman–Crippen LogP) is 2.21. The van der Waals surface area contributed by atoms with Crippen LogP contribution in [0.3, 0.4) is 0 Å². The largest absolute Gasteiger partial charge is 0.360 e. The van der Waals surface area contributed by atoms with Gasteiger partial charge in [0.15, 0.2) is 5.82 Å². The molecule has 0 atom stereocenters. The van der Waals surface area contributed by atoms with Crippen LogP contribution in [0.4, 0.5) is 11.6 Å². The number of anilines is 2. The van der Waals surface area contributed by atoms with Crippen LogP contribution in [0.2, 0.25) is 0 Å². The molecule has 0 radical (unpaired) electrons. The fourth-order valence-electron chi connectivity index (χ4n) is 1.69. The van der Waals surface area contributed by atoms with E-state index in [4.69, 9.17) is 4.52 Å². The first-order chi connectivity index (χ1) is 9.94. The smallest absolute Gasteiger partial charge is 0.270 e. The number of aryl methyl sites for hydroxylation is 2. The zero-order chi connectivity index (χ0) is 15.4. The minimum absolute atomic E-state index is 0.214. The number of amides is 1. The van der Waals surface area contributed by atoms with Crippen LogP contribution < -0.4 is 10.6 Å². The van der Waals surface area contributed by atoms with Gasteiger partial charge in [0.1, 0.15) is 23.1 Å². The van der Waals surface area contributed by atoms with E-state index >= 15 is 0 Å². The summed E-state index contributed by atoms with van der Waals surface area (Å²) in [7, 11) is 0. The lowest BCUT2D eigenvalue weighted by Crippen LogP contribution is -2.28. The van der Waals surface area contributed by atoms with Crippen LogP contribution in [-0.4, -0.2) is 27.6 Å². The molecule has 1 amide bonds. The second kappa shape index (κ2) is 6.34. The average molecular weight is 289 g/mol. The van der Waals surface area contributed by atoms with Crippen LogP contribution in [0.15, 0.2) is 16.7 Å². The molecule has 0 spiro atoms. The molecule has 0 aromatic carbocycles. The van der Waals surface area contributed by atoms with Gasteiger partial charge in [0.2, 0.25) is 0 Å². The monoisotopic (exact) mass is 289 g/mol. The van der Waals surface area contributed by atoms with Crippen molar-refractivity contribution in [3.05, 3.63) is 29.4 Å². The molecule has 2 aromatic rings. The summed E-state index contributed by atoms with van der Waals surface area (Å²) in [6, 6.07) is 3.34. The Morgan fingerprint density at radius 3 is 2.62 bits per heavy atom. The van der Waals surface area contributed by atoms with Crippen molar-refractivity contribution in [1.29, 1.82) is 0 Å². The maximum Gasteiger partial charge on any atom is 0.270 e. The summed E-state index contributed by atoms with van der Waals surface area (Å²) in [5.41, 5.74) is 0.325. The van der Waals surface area contributed by atoms with Crippen LogP contribution in [-0.2, 0) is 0 Å². The fourth-order valence-corrected chi connectivity index (χ4v) is 1.69. The van der Waals surface area contributed by atoms with Gasteiger partial charge in [0, 0.05) is 18.7 Å². The number of aromatic nitrogens is 3. The lowest BCUT2D eigenvalue weighted by molar-refractivity contribution is 0.0943. The van der Waals surface area contributed by atoms with E-state index in [1.807, 2.05) is 13.8 Å². The van der Waals surface area contributed by atoms with Crippen LogP contribution in [0.25, 0.3) is 0 Å². The quantitative estimate of drug-likeness (QED) is 0.876. The molecule has 7 nitrogen and oxygen atoms in total. The highest BCUT2D eigenvalue weighted by Crippen LogP contribution is 2.15. The highest BCUT2D eigenvalue weighted by molar-refractivity contribution is 5.93. The molecule has 2 rings (SSSR count). The van der Waals surface area contributed by atoms with Gasteiger partial charge in [-0.2, -0.15) is 0 Å². The topological polar surface area (TPSA) is 92.9 Å². The lowest BCUT2D eigenvalue weighted by atomic mass is 10.2. The Morgan fingerprint density at radius 2 is 2.00 bits per heavy atom.